The van der Waals surface area contributed by atoms with Crippen molar-refractivity contribution in [3.05, 3.63) is 58.3 Å². The molecule has 0 saturated carbocycles. The van der Waals surface area contributed by atoms with Crippen molar-refractivity contribution in [2.75, 3.05) is 39.3 Å². The van der Waals surface area contributed by atoms with Gasteiger partial charge in [0.2, 0.25) is 10.0 Å². The average molecular weight is 463 g/mol. The van der Waals surface area contributed by atoms with Crippen molar-refractivity contribution in [3.8, 4) is 5.75 Å². The van der Waals surface area contributed by atoms with Gasteiger partial charge in [0.05, 0.1) is 9.92 Å². The molecule has 3 rings (SSSR count). The van der Waals surface area contributed by atoms with Gasteiger partial charge in [-0.05, 0) is 36.4 Å². The normalized spacial score (nSPS) is 17.2. The molecule has 0 radical (unpaired) electrons. The van der Waals surface area contributed by atoms with E-state index in [2.05, 4.69) is 0 Å². The standard InChI is InChI=1S/C19H21Cl2FN2O4S/c20-14-4-5-19(18(21)10-14)28-13-16(25)12-23-6-8-24(9-7-23)29(26,27)17-3-1-2-15(22)11-17/h1-5,10-11,16,25H,6-9,12-13H2. The van der Waals surface area contributed by atoms with E-state index >= 15 is 0 Å². The number of hydrogen-bond acceptors (Lipinski definition) is 5. The molecular weight excluding hydrogens is 442 g/mol. The molecule has 1 heterocycles. The van der Waals surface area contributed by atoms with Gasteiger partial charge in [-0.25, -0.2) is 12.8 Å². The largest absolute Gasteiger partial charge is 0.489 e. The molecule has 1 atom stereocenters. The Morgan fingerprint density at radius 1 is 1.10 bits per heavy atom. The van der Waals surface area contributed by atoms with Crippen LogP contribution in [-0.4, -0.2) is 68.2 Å². The topological polar surface area (TPSA) is 70.1 Å². The van der Waals surface area contributed by atoms with Gasteiger partial charge in [-0.3, -0.25) is 4.90 Å². The number of β-amino-alcohol motifs (C(OH)–C–C–N with tert-alkyl or cyclic N) is 1. The molecule has 10 heteroatoms. The summed E-state index contributed by atoms with van der Waals surface area (Å²) in [6.07, 6.45) is -0.770. The fraction of sp³-hybridized carbons (Fsp3) is 0.368. The lowest BCUT2D eigenvalue weighted by Gasteiger charge is -2.34. The second-order valence-corrected chi connectivity index (χ2v) is 9.48. The summed E-state index contributed by atoms with van der Waals surface area (Å²) in [6, 6.07) is 9.82. The van der Waals surface area contributed by atoms with Gasteiger partial charge >= 0.3 is 0 Å². The fourth-order valence-corrected chi connectivity index (χ4v) is 4.98. The molecule has 0 aromatic heterocycles. The Bertz CT molecular complexity index is 953. The second kappa shape index (κ2) is 9.59. The van der Waals surface area contributed by atoms with Gasteiger partial charge in [0.25, 0.3) is 0 Å². The van der Waals surface area contributed by atoms with E-state index in [1.165, 1.54) is 22.5 Å². The number of aliphatic hydroxyl groups is 1. The van der Waals surface area contributed by atoms with Crippen molar-refractivity contribution >= 4 is 33.2 Å². The maximum absolute atomic E-state index is 13.4. The lowest BCUT2D eigenvalue weighted by Crippen LogP contribution is -2.50. The van der Waals surface area contributed by atoms with Gasteiger partial charge < -0.3 is 9.84 Å². The molecule has 0 bridgehead atoms. The zero-order valence-corrected chi connectivity index (χ0v) is 17.8. The lowest BCUT2D eigenvalue weighted by molar-refractivity contribution is 0.0569. The Balaban J connectivity index is 1.49. The molecule has 1 saturated heterocycles. The number of benzene rings is 2. The minimum atomic E-state index is -3.74. The highest BCUT2D eigenvalue weighted by Gasteiger charge is 2.29. The van der Waals surface area contributed by atoms with E-state index in [4.69, 9.17) is 27.9 Å². The third kappa shape index (κ3) is 5.81. The number of halogens is 3. The first-order chi connectivity index (χ1) is 13.8. The minimum absolute atomic E-state index is 0.0448. The summed E-state index contributed by atoms with van der Waals surface area (Å²) in [6.45, 7) is 1.80. The summed E-state index contributed by atoms with van der Waals surface area (Å²) in [7, 11) is -3.74. The predicted octanol–water partition coefficient (Wildman–Crippen LogP) is 2.88. The minimum Gasteiger partial charge on any atom is -0.489 e. The van der Waals surface area contributed by atoms with Gasteiger partial charge in [-0.1, -0.05) is 29.3 Å². The van der Waals surface area contributed by atoms with Gasteiger partial charge in [0.15, 0.2) is 0 Å². The number of sulfonamides is 1. The third-order valence-corrected chi connectivity index (χ3v) is 6.98. The van der Waals surface area contributed by atoms with Crippen LogP contribution >= 0.6 is 23.2 Å². The van der Waals surface area contributed by atoms with E-state index < -0.39 is 21.9 Å². The Hall–Kier alpha value is -1.42. The van der Waals surface area contributed by atoms with E-state index in [0.29, 0.717) is 35.4 Å². The zero-order chi connectivity index (χ0) is 21.0. The monoisotopic (exact) mass is 462 g/mol. The van der Waals surface area contributed by atoms with E-state index in [1.54, 1.807) is 18.2 Å². The van der Waals surface area contributed by atoms with E-state index in [9.17, 15) is 17.9 Å². The molecule has 1 aliphatic heterocycles. The highest BCUT2D eigenvalue weighted by molar-refractivity contribution is 7.89. The molecule has 1 unspecified atom stereocenters. The zero-order valence-electron chi connectivity index (χ0n) is 15.5. The first-order valence-corrected chi connectivity index (χ1v) is 11.2. The van der Waals surface area contributed by atoms with Crippen LogP contribution in [-0.2, 0) is 10.0 Å². The van der Waals surface area contributed by atoms with Crippen molar-refractivity contribution in [1.82, 2.24) is 9.21 Å². The Morgan fingerprint density at radius 3 is 2.48 bits per heavy atom. The first kappa shape index (κ1) is 22.3. The van der Waals surface area contributed by atoms with Crippen molar-refractivity contribution in [1.29, 1.82) is 0 Å². The summed E-state index contributed by atoms with van der Waals surface area (Å²) < 4.78 is 45.5. The quantitative estimate of drug-likeness (QED) is 0.684. The molecule has 1 aliphatic rings. The summed E-state index contributed by atoms with van der Waals surface area (Å²) in [4.78, 5) is 1.90. The van der Waals surface area contributed by atoms with Crippen LogP contribution in [0.15, 0.2) is 47.4 Å². The van der Waals surface area contributed by atoms with Crippen molar-refractivity contribution < 1.29 is 22.7 Å². The van der Waals surface area contributed by atoms with Crippen LogP contribution in [0.5, 0.6) is 5.75 Å². The van der Waals surface area contributed by atoms with Crippen LogP contribution in [0.2, 0.25) is 10.0 Å². The molecule has 1 N–H and O–H groups in total. The van der Waals surface area contributed by atoms with Gasteiger partial charge in [-0.2, -0.15) is 4.31 Å². The Kier molecular flexibility index (Phi) is 7.37. The second-order valence-electron chi connectivity index (χ2n) is 6.70. The summed E-state index contributed by atoms with van der Waals surface area (Å²) >= 11 is 11.9. The fourth-order valence-electron chi connectivity index (χ4n) is 3.06. The molecule has 2 aromatic rings. The molecule has 6 nitrogen and oxygen atoms in total. The number of ether oxygens (including phenoxy) is 1. The predicted molar refractivity (Wildman–Crippen MR) is 110 cm³/mol. The van der Waals surface area contributed by atoms with Crippen molar-refractivity contribution in [2.45, 2.75) is 11.0 Å². The van der Waals surface area contributed by atoms with Gasteiger partial charge in [-0.15, -0.1) is 0 Å². The Morgan fingerprint density at radius 2 is 1.83 bits per heavy atom. The number of rotatable bonds is 7. The van der Waals surface area contributed by atoms with Crippen LogP contribution in [0.3, 0.4) is 0 Å². The molecule has 1 fully saturated rings. The van der Waals surface area contributed by atoms with Crippen LogP contribution in [0.25, 0.3) is 0 Å². The summed E-state index contributed by atoms with van der Waals surface area (Å²) in [5, 5.41) is 11.1. The number of piperazine rings is 1. The van der Waals surface area contributed by atoms with Crippen LogP contribution in [0, 0.1) is 5.82 Å². The van der Waals surface area contributed by atoms with Crippen LogP contribution < -0.4 is 4.74 Å². The molecule has 158 valence electrons. The van der Waals surface area contributed by atoms with Gasteiger partial charge in [0, 0.05) is 37.7 Å². The van der Waals surface area contributed by atoms with Crippen molar-refractivity contribution in [2.24, 2.45) is 0 Å². The maximum Gasteiger partial charge on any atom is 0.243 e. The molecular formula is C19H21Cl2FN2O4S. The average Bonchev–Trinajstić information content (AvgIpc) is 2.68. The van der Waals surface area contributed by atoms with Crippen LogP contribution in [0.4, 0.5) is 4.39 Å². The van der Waals surface area contributed by atoms with E-state index in [-0.39, 0.29) is 24.6 Å². The van der Waals surface area contributed by atoms with E-state index in [0.717, 1.165) is 6.07 Å². The van der Waals surface area contributed by atoms with E-state index in [1.807, 2.05) is 4.90 Å². The number of hydrogen-bond donors (Lipinski definition) is 1. The first-order valence-electron chi connectivity index (χ1n) is 9.00. The maximum atomic E-state index is 13.4. The Labute approximate surface area is 179 Å². The molecule has 0 amide bonds. The van der Waals surface area contributed by atoms with Crippen LogP contribution in [0.1, 0.15) is 0 Å². The number of aliphatic hydroxyl groups excluding tert-OH is 1. The summed E-state index contributed by atoms with van der Waals surface area (Å²) in [5.41, 5.74) is 0. The molecule has 29 heavy (non-hydrogen) atoms. The smallest absolute Gasteiger partial charge is 0.243 e. The molecule has 0 aliphatic carbocycles. The van der Waals surface area contributed by atoms with Crippen molar-refractivity contribution in [3.63, 3.8) is 0 Å². The molecule has 0 spiro atoms. The van der Waals surface area contributed by atoms with Gasteiger partial charge in [0.1, 0.15) is 24.3 Å². The third-order valence-electron chi connectivity index (χ3n) is 4.56. The lowest BCUT2D eigenvalue weighted by atomic mass is 10.3. The highest BCUT2D eigenvalue weighted by atomic mass is 35.5. The number of nitrogens with zero attached hydrogens (tertiary/aromatic N) is 2. The highest BCUT2D eigenvalue weighted by Crippen LogP contribution is 2.27. The molecule has 2 aromatic carbocycles. The SMILES string of the molecule is O=S(=O)(c1cccc(F)c1)N1CCN(CC(O)COc2ccc(Cl)cc2Cl)CC1. The summed E-state index contributed by atoms with van der Waals surface area (Å²) in [5.74, 6) is -0.158.